The number of nitrogens with one attached hydrogen (secondary N) is 2. The van der Waals surface area contributed by atoms with Crippen molar-refractivity contribution < 1.29 is 4.74 Å². The number of para-hydroxylation sites is 1. The van der Waals surface area contributed by atoms with Crippen LogP contribution >= 0.6 is 0 Å². The van der Waals surface area contributed by atoms with Gasteiger partial charge in [0.15, 0.2) is 5.79 Å². The van der Waals surface area contributed by atoms with Gasteiger partial charge in [-0.2, -0.15) is 0 Å². The van der Waals surface area contributed by atoms with Crippen molar-refractivity contribution in [2.45, 2.75) is 44.9 Å². The van der Waals surface area contributed by atoms with Crippen LogP contribution in [0.25, 0.3) is 0 Å². The second-order valence-electron chi connectivity index (χ2n) is 8.06. The van der Waals surface area contributed by atoms with Crippen molar-refractivity contribution in [2.24, 2.45) is 22.6 Å². The van der Waals surface area contributed by atoms with E-state index in [2.05, 4.69) is 27.8 Å². The fourth-order valence-electron chi connectivity index (χ4n) is 4.14. The van der Waals surface area contributed by atoms with Crippen molar-refractivity contribution in [1.82, 2.24) is 15.5 Å². The minimum Gasteiger partial charge on any atom is -0.494 e. The second-order valence-corrected chi connectivity index (χ2v) is 8.06. The molecule has 4 N–H and O–H groups in total. The van der Waals surface area contributed by atoms with E-state index < -0.39 is 5.79 Å². The van der Waals surface area contributed by atoms with Crippen LogP contribution in [-0.2, 0) is 6.54 Å². The zero-order valence-corrected chi connectivity index (χ0v) is 17.4. The third-order valence-electron chi connectivity index (χ3n) is 5.82. The Morgan fingerprint density at radius 3 is 2.71 bits per heavy atom. The van der Waals surface area contributed by atoms with E-state index in [1.54, 1.807) is 0 Å². The topological polar surface area (TPSA) is 74.9 Å². The Bertz CT molecular complexity index is 694. The fourth-order valence-corrected chi connectivity index (χ4v) is 4.14. The van der Waals surface area contributed by atoms with E-state index in [1.165, 1.54) is 18.4 Å². The van der Waals surface area contributed by atoms with Gasteiger partial charge in [-0.1, -0.05) is 18.2 Å². The minimum absolute atomic E-state index is 0.363. The first-order valence-corrected chi connectivity index (χ1v) is 10.4. The van der Waals surface area contributed by atoms with Crippen LogP contribution in [0.1, 0.15) is 38.2 Å². The molecule has 0 radical (unpaired) electrons. The monoisotopic (exact) mass is 385 g/mol. The molecule has 0 saturated heterocycles. The Labute approximate surface area is 169 Å². The lowest BCUT2D eigenvalue weighted by Gasteiger charge is -2.42. The largest absolute Gasteiger partial charge is 0.494 e. The molecule has 2 aliphatic rings. The molecule has 1 aliphatic carbocycles. The summed E-state index contributed by atoms with van der Waals surface area (Å²) in [4.78, 5) is 6.62. The van der Waals surface area contributed by atoms with Crippen LogP contribution in [0.4, 0.5) is 0 Å². The Morgan fingerprint density at radius 1 is 1.25 bits per heavy atom. The third kappa shape index (κ3) is 5.06. The van der Waals surface area contributed by atoms with Gasteiger partial charge >= 0.3 is 0 Å². The molecule has 6 nitrogen and oxygen atoms in total. The molecule has 1 unspecified atom stereocenters. The summed E-state index contributed by atoms with van der Waals surface area (Å²) in [7, 11) is 4.04. The van der Waals surface area contributed by atoms with Crippen LogP contribution in [0.5, 0.6) is 5.75 Å². The molecule has 0 aromatic heterocycles. The number of nitrogens with two attached hydrogens (primary N) is 1. The van der Waals surface area contributed by atoms with E-state index in [0.717, 1.165) is 37.5 Å². The molecule has 0 spiro atoms. The normalized spacial score (nSPS) is 27.1. The molecule has 1 aromatic carbocycles. The molecular formula is C22H35N5O. The van der Waals surface area contributed by atoms with Crippen LogP contribution in [0.15, 0.2) is 41.2 Å². The van der Waals surface area contributed by atoms with Gasteiger partial charge in [-0.25, -0.2) is 0 Å². The summed E-state index contributed by atoms with van der Waals surface area (Å²) in [5, 5.41) is 7.06. The molecule has 154 valence electrons. The Hall–Kier alpha value is -2.05. The lowest BCUT2D eigenvalue weighted by Crippen LogP contribution is -2.60. The van der Waals surface area contributed by atoms with Crippen LogP contribution in [0, 0.1) is 11.8 Å². The smallest absolute Gasteiger partial charge is 0.186 e. The van der Waals surface area contributed by atoms with Gasteiger partial charge in [0.05, 0.1) is 6.61 Å². The van der Waals surface area contributed by atoms with Gasteiger partial charge in [0.25, 0.3) is 0 Å². The number of rotatable bonds is 8. The van der Waals surface area contributed by atoms with Crippen LogP contribution < -0.4 is 21.1 Å². The van der Waals surface area contributed by atoms with Crippen LogP contribution in [0.2, 0.25) is 0 Å². The van der Waals surface area contributed by atoms with Gasteiger partial charge in [-0.05, 0) is 57.2 Å². The highest BCUT2D eigenvalue weighted by Crippen LogP contribution is 2.35. The van der Waals surface area contributed by atoms with Crippen molar-refractivity contribution in [1.29, 1.82) is 0 Å². The van der Waals surface area contributed by atoms with E-state index in [9.17, 15) is 0 Å². The average molecular weight is 386 g/mol. The predicted octanol–water partition coefficient (Wildman–Crippen LogP) is 2.67. The van der Waals surface area contributed by atoms with Gasteiger partial charge in [0, 0.05) is 38.3 Å². The third-order valence-corrected chi connectivity index (χ3v) is 5.82. The maximum atomic E-state index is 6.62. The Morgan fingerprint density at radius 2 is 2.00 bits per heavy atom. The zero-order chi connectivity index (χ0) is 20.0. The van der Waals surface area contributed by atoms with Crippen molar-refractivity contribution in [3.05, 3.63) is 41.7 Å². The van der Waals surface area contributed by atoms with Crippen LogP contribution in [0.3, 0.4) is 0 Å². The standard InChI is InChI=1S/C22H35N5O/c1-4-28-20-8-6-5-7-18(20)16-24-15-17-9-11-19(12-10-17)22(23)25-14-13-21(26-22)27(2)3/h5-8,13-14,17,19,24,26H,4,9-12,15-16,23H2,1-3H3. The summed E-state index contributed by atoms with van der Waals surface area (Å²) in [6.07, 6.45) is 8.38. The predicted molar refractivity (Wildman–Crippen MR) is 115 cm³/mol. The maximum Gasteiger partial charge on any atom is 0.186 e. The first kappa shape index (κ1) is 20.7. The zero-order valence-electron chi connectivity index (χ0n) is 17.4. The van der Waals surface area contributed by atoms with Crippen molar-refractivity contribution in [3.8, 4) is 5.75 Å². The van der Waals surface area contributed by atoms with E-state index >= 15 is 0 Å². The van der Waals surface area contributed by atoms with Gasteiger partial charge in [-0.15, -0.1) is 0 Å². The maximum absolute atomic E-state index is 6.62. The van der Waals surface area contributed by atoms with E-state index in [0.29, 0.717) is 18.4 Å². The first-order chi connectivity index (χ1) is 13.5. The number of hydrogen-bond acceptors (Lipinski definition) is 6. The highest BCUT2D eigenvalue weighted by molar-refractivity contribution is 5.73. The minimum atomic E-state index is -0.677. The Kier molecular flexibility index (Phi) is 6.97. The van der Waals surface area contributed by atoms with E-state index in [4.69, 9.17) is 10.5 Å². The number of allylic oxidation sites excluding steroid dienone is 1. The molecule has 3 rings (SSSR count). The van der Waals surface area contributed by atoms with Gasteiger partial charge in [0.2, 0.25) is 0 Å². The quantitative estimate of drug-likeness (QED) is 0.641. The number of benzene rings is 1. The molecule has 1 fully saturated rings. The van der Waals surface area contributed by atoms with Crippen molar-refractivity contribution in [2.75, 3.05) is 27.2 Å². The lowest BCUT2D eigenvalue weighted by atomic mass is 9.78. The lowest BCUT2D eigenvalue weighted by molar-refractivity contribution is 0.146. The molecule has 1 aromatic rings. The summed E-state index contributed by atoms with van der Waals surface area (Å²) in [6.45, 7) is 4.60. The fraction of sp³-hybridized carbons (Fsp3) is 0.591. The molecule has 0 bridgehead atoms. The van der Waals surface area contributed by atoms with Crippen molar-refractivity contribution in [3.63, 3.8) is 0 Å². The van der Waals surface area contributed by atoms with E-state index in [-0.39, 0.29) is 0 Å². The summed E-state index contributed by atoms with van der Waals surface area (Å²) < 4.78 is 5.72. The summed E-state index contributed by atoms with van der Waals surface area (Å²) in [5.74, 6) is 2.38. The van der Waals surface area contributed by atoms with Crippen molar-refractivity contribution >= 4 is 6.21 Å². The van der Waals surface area contributed by atoms with Gasteiger partial charge < -0.3 is 20.3 Å². The SMILES string of the molecule is CCOc1ccccc1CNCC1CCC(C2(N)N=CC=C(N(C)C)N2)CC1. The number of ether oxygens (including phenoxy) is 1. The molecular weight excluding hydrogens is 350 g/mol. The summed E-state index contributed by atoms with van der Waals surface area (Å²) >= 11 is 0. The highest BCUT2D eigenvalue weighted by atomic mass is 16.5. The number of aliphatic imine (C=N–C) groups is 1. The van der Waals surface area contributed by atoms with Crippen LogP contribution in [-0.4, -0.2) is 44.1 Å². The highest BCUT2D eigenvalue weighted by Gasteiger charge is 2.38. The van der Waals surface area contributed by atoms with E-state index in [1.807, 2.05) is 50.3 Å². The summed E-state index contributed by atoms with van der Waals surface area (Å²) in [5.41, 5.74) is 7.85. The molecule has 0 amide bonds. The summed E-state index contributed by atoms with van der Waals surface area (Å²) in [6, 6.07) is 8.27. The van der Waals surface area contributed by atoms with Gasteiger partial charge in [0.1, 0.15) is 11.6 Å². The Balaban J connectivity index is 1.45. The molecule has 1 atom stereocenters. The molecule has 1 heterocycles. The number of nitrogens with zero attached hydrogens (tertiary/aromatic N) is 2. The second kappa shape index (κ2) is 9.43. The first-order valence-electron chi connectivity index (χ1n) is 10.4. The molecule has 6 heteroatoms. The molecule has 28 heavy (non-hydrogen) atoms. The molecule has 1 saturated carbocycles. The number of hydrogen-bond donors (Lipinski definition) is 3. The molecule has 1 aliphatic heterocycles. The average Bonchev–Trinajstić information content (AvgIpc) is 2.70. The van der Waals surface area contributed by atoms with Gasteiger partial charge in [-0.3, -0.25) is 10.7 Å².